The fraction of sp³-hybridized carbons (Fsp3) is 0.250. The number of nitrogens with zero attached hydrogens (tertiary/aromatic N) is 2. The van der Waals surface area contributed by atoms with Crippen molar-refractivity contribution in [2.24, 2.45) is 0 Å². The molecule has 0 fully saturated rings. The number of hydrogen-bond donors (Lipinski definition) is 0. The summed E-state index contributed by atoms with van der Waals surface area (Å²) < 4.78 is 10.6. The van der Waals surface area contributed by atoms with Crippen molar-refractivity contribution in [3.8, 4) is 11.5 Å². The molecule has 0 saturated carbocycles. The van der Waals surface area contributed by atoms with Gasteiger partial charge in [-0.2, -0.15) is 0 Å². The fourth-order valence-corrected chi connectivity index (χ4v) is 2.16. The molecule has 0 aliphatic heterocycles. The van der Waals surface area contributed by atoms with Gasteiger partial charge in [-0.05, 0) is 35.9 Å². The van der Waals surface area contributed by atoms with Crippen molar-refractivity contribution in [3.63, 3.8) is 0 Å². The number of hydrogen-bond acceptors (Lipinski definition) is 5. The van der Waals surface area contributed by atoms with Crippen LogP contribution in [0.4, 0.5) is 5.82 Å². The molecular formula is C16H17ClN2O3. The third-order valence-electron chi connectivity index (χ3n) is 3.27. The van der Waals surface area contributed by atoms with Gasteiger partial charge in [-0.1, -0.05) is 0 Å². The second-order valence-corrected chi connectivity index (χ2v) is 5.06. The molecule has 0 spiro atoms. The van der Waals surface area contributed by atoms with E-state index in [1.807, 2.05) is 30.1 Å². The highest BCUT2D eigenvalue weighted by Crippen LogP contribution is 2.26. The first kappa shape index (κ1) is 16.1. The van der Waals surface area contributed by atoms with Gasteiger partial charge in [0.25, 0.3) is 5.24 Å². The van der Waals surface area contributed by atoms with Gasteiger partial charge in [-0.3, -0.25) is 4.79 Å². The highest BCUT2D eigenvalue weighted by atomic mass is 35.5. The van der Waals surface area contributed by atoms with Gasteiger partial charge in [0.1, 0.15) is 17.3 Å². The average molecular weight is 321 g/mol. The first-order chi connectivity index (χ1) is 10.5. The number of carbonyl (C=O) groups is 1. The second-order valence-electron chi connectivity index (χ2n) is 4.71. The normalized spacial score (nSPS) is 10.2. The van der Waals surface area contributed by atoms with Gasteiger partial charge in [0.15, 0.2) is 0 Å². The summed E-state index contributed by atoms with van der Waals surface area (Å²) in [7, 11) is 5.15. The Morgan fingerprint density at radius 1 is 1.23 bits per heavy atom. The third kappa shape index (κ3) is 3.68. The standard InChI is InChI=1S/C16H17ClN2O3/c1-19(15-7-5-11(9-18-15)16(17)20)10-12-4-6-13(21-2)8-14(12)22-3/h4-9H,10H2,1-3H3. The second kappa shape index (κ2) is 7.13. The van der Waals surface area contributed by atoms with E-state index < -0.39 is 5.24 Å². The van der Waals surface area contributed by atoms with Crippen LogP contribution in [-0.2, 0) is 6.54 Å². The summed E-state index contributed by atoms with van der Waals surface area (Å²) in [6.45, 7) is 0.605. The van der Waals surface area contributed by atoms with Crippen LogP contribution in [0.3, 0.4) is 0 Å². The van der Waals surface area contributed by atoms with E-state index in [9.17, 15) is 4.79 Å². The summed E-state index contributed by atoms with van der Waals surface area (Å²) >= 11 is 5.41. The first-order valence-electron chi connectivity index (χ1n) is 6.63. The summed E-state index contributed by atoms with van der Waals surface area (Å²) in [6, 6.07) is 9.08. The molecule has 0 aliphatic carbocycles. The number of rotatable bonds is 6. The molecular weight excluding hydrogens is 304 g/mol. The Bertz CT molecular complexity index is 659. The number of halogens is 1. The molecule has 6 heteroatoms. The maximum atomic E-state index is 11.0. The van der Waals surface area contributed by atoms with Crippen molar-refractivity contribution >= 4 is 22.7 Å². The largest absolute Gasteiger partial charge is 0.497 e. The van der Waals surface area contributed by atoms with Crippen LogP contribution >= 0.6 is 11.6 Å². The number of benzene rings is 1. The van der Waals surface area contributed by atoms with E-state index in [0.717, 1.165) is 22.9 Å². The lowest BCUT2D eigenvalue weighted by atomic mass is 10.1. The summed E-state index contributed by atoms with van der Waals surface area (Å²) in [4.78, 5) is 17.2. The molecule has 0 saturated heterocycles. The Balaban J connectivity index is 2.17. The van der Waals surface area contributed by atoms with Crippen molar-refractivity contribution in [2.45, 2.75) is 6.54 Å². The zero-order valence-corrected chi connectivity index (χ0v) is 13.4. The molecule has 5 nitrogen and oxygen atoms in total. The molecule has 1 heterocycles. The van der Waals surface area contributed by atoms with E-state index in [0.29, 0.717) is 12.1 Å². The highest BCUT2D eigenvalue weighted by molar-refractivity contribution is 6.67. The molecule has 22 heavy (non-hydrogen) atoms. The number of methoxy groups -OCH3 is 2. The van der Waals surface area contributed by atoms with Gasteiger partial charge >= 0.3 is 0 Å². The van der Waals surface area contributed by atoms with Gasteiger partial charge < -0.3 is 14.4 Å². The smallest absolute Gasteiger partial charge is 0.253 e. The monoisotopic (exact) mass is 320 g/mol. The molecule has 1 aromatic heterocycles. The molecule has 0 aliphatic rings. The first-order valence-corrected chi connectivity index (χ1v) is 7.01. The predicted octanol–water partition coefficient (Wildman–Crippen LogP) is 3.11. The summed E-state index contributed by atoms with van der Waals surface area (Å²) in [5.74, 6) is 2.23. The SMILES string of the molecule is COc1ccc(CN(C)c2ccc(C(=O)Cl)cn2)c(OC)c1. The van der Waals surface area contributed by atoms with Gasteiger partial charge in [-0.25, -0.2) is 4.98 Å². The lowest BCUT2D eigenvalue weighted by Crippen LogP contribution is -2.18. The van der Waals surface area contributed by atoms with Gasteiger partial charge in [-0.15, -0.1) is 0 Å². The molecule has 2 aromatic rings. The molecule has 0 bridgehead atoms. The summed E-state index contributed by atoms with van der Waals surface area (Å²) in [6.07, 6.45) is 1.46. The number of aromatic nitrogens is 1. The number of ether oxygens (including phenoxy) is 2. The minimum absolute atomic E-state index is 0.376. The minimum atomic E-state index is -0.515. The van der Waals surface area contributed by atoms with Crippen LogP contribution in [0.5, 0.6) is 11.5 Å². The average Bonchev–Trinajstić information content (AvgIpc) is 2.55. The molecule has 0 amide bonds. The third-order valence-corrected chi connectivity index (χ3v) is 3.49. The lowest BCUT2D eigenvalue weighted by Gasteiger charge is -2.20. The summed E-state index contributed by atoms with van der Waals surface area (Å²) in [5, 5.41) is -0.515. The maximum Gasteiger partial charge on any atom is 0.253 e. The van der Waals surface area contributed by atoms with Crippen LogP contribution in [0.25, 0.3) is 0 Å². The quantitative estimate of drug-likeness (QED) is 0.765. The van der Waals surface area contributed by atoms with Gasteiger partial charge in [0.05, 0.1) is 19.8 Å². The van der Waals surface area contributed by atoms with Gasteiger partial charge in [0, 0.05) is 31.4 Å². The Hall–Kier alpha value is -2.27. The number of anilines is 1. The zero-order valence-electron chi connectivity index (χ0n) is 12.7. The van der Waals surface area contributed by atoms with Crippen LogP contribution in [0.1, 0.15) is 15.9 Å². The molecule has 1 aromatic carbocycles. The van der Waals surface area contributed by atoms with Crippen molar-refractivity contribution < 1.29 is 14.3 Å². The topological polar surface area (TPSA) is 51.7 Å². The number of carbonyl (C=O) groups excluding carboxylic acids is 1. The highest BCUT2D eigenvalue weighted by Gasteiger charge is 2.10. The molecule has 2 rings (SSSR count). The maximum absolute atomic E-state index is 11.0. The van der Waals surface area contributed by atoms with Crippen molar-refractivity contribution in [3.05, 3.63) is 47.7 Å². The van der Waals surface area contributed by atoms with Crippen LogP contribution in [-0.4, -0.2) is 31.5 Å². The summed E-state index contributed by atoms with van der Waals surface area (Å²) in [5.41, 5.74) is 1.38. The fourth-order valence-electron chi connectivity index (χ4n) is 2.05. The Morgan fingerprint density at radius 2 is 2.00 bits per heavy atom. The molecule has 116 valence electrons. The van der Waals surface area contributed by atoms with Gasteiger partial charge in [0.2, 0.25) is 0 Å². The van der Waals surface area contributed by atoms with E-state index in [1.54, 1.807) is 26.4 Å². The van der Waals surface area contributed by atoms with E-state index in [1.165, 1.54) is 6.20 Å². The predicted molar refractivity (Wildman–Crippen MR) is 86.1 cm³/mol. The Labute approximate surface area is 134 Å². The van der Waals surface area contributed by atoms with Crippen LogP contribution in [0.15, 0.2) is 36.5 Å². The molecule has 0 atom stereocenters. The lowest BCUT2D eigenvalue weighted by molar-refractivity contribution is 0.108. The number of pyridine rings is 1. The minimum Gasteiger partial charge on any atom is -0.497 e. The van der Waals surface area contributed by atoms with E-state index in [4.69, 9.17) is 21.1 Å². The Kier molecular flexibility index (Phi) is 5.22. The molecule has 0 unspecified atom stereocenters. The van der Waals surface area contributed by atoms with Crippen molar-refractivity contribution in [2.75, 3.05) is 26.2 Å². The van der Waals surface area contributed by atoms with E-state index >= 15 is 0 Å². The van der Waals surface area contributed by atoms with Crippen LogP contribution in [0.2, 0.25) is 0 Å². The van der Waals surface area contributed by atoms with Crippen LogP contribution < -0.4 is 14.4 Å². The van der Waals surface area contributed by atoms with E-state index in [2.05, 4.69) is 4.98 Å². The van der Waals surface area contributed by atoms with E-state index in [-0.39, 0.29) is 0 Å². The Morgan fingerprint density at radius 3 is 2.55 bits per heavy atom. The molecule has 0 radical (unpaired) electrons. The zero-order chi connectivity index (χ0) is 16.1. The van der Waals surface area contributed by atoms with Crippen molar-refractivity contribution in [1.82, 2.24) is 4.98 Å². The van der Waals surface area contributed by atoms with Crippen molar-refractivity contribution in [1.29, 1.82) is 0 Å². The van der Waals surface area contributed by atoms with Crippen LogP contribution in [0, 0.1) is 0 Å². The molecule has 0 N–H and O–H groups in total.